The van der Waals surface area contributed by atoms with Crippen molar-refractivity contribution in [3.8, 4) is 17.2 Å². The molecule has 0 fully saturated rings. The van der Waals surface area contributed by atoms with Gasteiger partial charge < -0.3 is 14.6 Å². The third-order valence-electron chi connectivity index (χ3n) is 6.76. The van der Waals surface area contributed by atoms with E-state index in [1.165, 1.54) is 16.9 Å². The van der Waals surface area contributed by atoms with E-state index in [1.807, 2.05) is 36.4 Å². The summed E-state index contributed by atoms with van der Waals surface area (Å²) in [6.07, 6.45) is 3.51. The fourth-order valence-electron chi connectivity index (χ4n) is 5.11. The highest BCUT2D eigenvalue weighted by Crippen LogP contribution is 2.42. The van der Waals surface area contributed by atoms with E-state index in [-0.39, 0.29) is 17.4 Å². The van der Waals surface area contributed by atoms with Crippen LogP contribution < -0.4 is 24.4 Å². The number of ether oxygens (including phenoxy) is 2. The van der Waals surface area contributed by atoms with Gasteiger partial charge >= 0.3 is 0 Å². The molecule has 0 spiro atoms. The van der Waals surface area contributed by atoms with Crippen LogP contribution in [0.25, 0.3) is 11.8 Å². The van der Waals surface area contributed by atoms with Gasteiger partial charge in [0.15, 0.2) is 16.3 Å². The number of phenols is 1. The fraction of sp³-hybridized carbons (Fsp3) is 0.172. The highest BCUT2D eigenvalue weighted by Gasteiger charge is 2.33. The van der Waals surface area contributed by atoms with Gasteiger partial charge in [-0.15, -0.1) is 0 Å². The summed E-state index contributed by atoms with van der Waals surface area (Å²) in [6.45, 7) is 0. The molecule has 1 atom stereocenters. The number of nitrogens with zero attached hydrogens (tertiary/aromatic N) is 2. The molecule has 1 aliphatic heterocycles. The molecule has 1 aromatic heterocycles. The van der Waals surface area contributed by atoms with Crippen molar-refractivity contribution < 1.29 is 14.6 Å². The van der Waals surface area contributed by atoms with Crippen molar-refractivity contribution in [1.82, 2.24) is 4.57 Å². The van der Waals surface area contributed by atoms with Gasteiger partial charge in [0.25, 0.3) is 5.56 Å². The zero-order valence-corrected chi connectivity index (χ0v) is 20.7. The van der Waals surface area contributed by atoms with Gasteiger partial charge in [0.2, 0.25) is 0 Å². The number of thiazole rings is 1. The van der Waals surface area contributed by atoms with Crippen LogP contribution >= 0.6 is 11.3 Å². The Hall–Kier alpha value is -4.10. The second-order valence-corrected chi connectivity index (χ2v) is 9.83. The van der Waals surface area contributed by atoms with Crippen LogP contribution in [0.2, 0.25) is 0 Å². The highest BCUT2D eigenvalue weighted by molar-refractivity contribution is 7.07. The number of fused-ring (bicyclic) bond motifs is 3. The third kappa shape index (κ3) is 3.63. The number of aromatic hydroxyl groups is 1. The number of allylic oxidation sites excluding steroid dienone is 1. The number of aryl methyl sites for hydroxylation is 1. The minimum absolute atomic E-state index is 0.104. The zero-order valence-electron chi connectivity index (χ0n) is 19.9. The highest BCUT2D eigenvalue weighted by atomic mass is 32.1. The first kappa shape index (κ1) is 22.4. The lowest BCUT2D eigenvalue weighted by Gasteiger charge is -2.31. The van der Waals surface area contributed by atoms with Gasteiger partial charge in [-0.3, -0.25) is 9.36 Å². The Morgan fingerprint density at radius 3 is 2.64 bits per heavy atom. The number of phenolic OH excluding ortho intramolecular Hbond substituents is 1. The molecule has 0 amide bonds. The number of aromatic nitrogens is 1. The number of benzene rings is 3. The molecule has 180 valence electrons. The molecule has 6 rings (SSSR count). The molecule has 0 bridgehead atoms. The van der Waals surface area contributed by atoms with Crippen LogP contribution in [0.4, 0.5) is 0 Å². The molecule has 2 heterocycles. The predicted molar refractivity (Wildman–Crippen MR) is 140 cm³/mol. The Bertz CT molecular complexity index is 1710. The summed E-state index contributed by atoms with van der Waals surface area (Å²) in [5.74, 6) is 1.42. The molecular formula is C29H24N2O4S. The molecule has 36 heavy (non-hydrogen) atoms. The van der Waals surface area contributed by atoms with Gasteiger partial charge in [0.1, 0.15) is 5.75 Å². The summed E-state index contributed by atoms with van der Waals surface area (Å²) < 4.78 is 13.4. The lowest BCUT2D eigenvalue weighted by atomic mass is 9.83. The van der Waals surface area contributed by atoms with Crippen molar-refractivity contribution in [1.29, 1.82) is 0 Å². The van der Waals surface area contributed by atoms with Gasteiger partial charge in [0, 0.05) is 5.56 Å². The van der Waals surface area contributed by atoms with Crippen LogP contribution in [0.5, 0.6) is 17.2 Å². The quantitative estimate of drug-likeness (QED) is 0.463. The molecule has 7 heteroatoms. The van der Waals surface area contributed by atoms with Gasteiger partial charge in [0.05, 0.1) is 30.5 Å². The van der Waals surface area contributed by atoms with Crippen LogP contribution in [0.15, 0.2) is 82.1 Å². The summed E-state index contributed by atoms with van der Waals surface area (Å²) >= 11 is 1.37. The number of rotatable bonds is 4. The second-order valence-electron chi connectivity index (χ2n) is 8.82. The summed E-state index contributed by atoms with van der Waals surface area (Å²) in [5, 5.41) is 9.89. The van der Waals surface area contributed by atoms with Gasteiger partial charge in [-0.05, 0) is 65.4 Å². The van der Waals surface area contributed by atoms with E-state index < -0.39 is 0 Å². The molecule has 6 nitrogen and oxygen atoms in total. The van der Waals surface area contributed by atoms with Crippen molar-refractivity contribution >= 4 is 23.1 Å². The standard InChI is InChI=1S/C29H24N2O4S/c1-34-23-13-11-19(16-24(23)35-2)27-22-12-10-18-7-3-4-9-21(18)26(22)30-29-31(27)28(33)25(36-29)15-17-6-5-8-20(32)14-17/h3-9,11,13-16,27,32H,10,12H2,1-2H3/b25-15+/t27-/m0/s1. The van der Waals surface area contributed by atoms with E-state index in [0.29, 0.717) is 20.8 Å². The van der Waals surface area contributed by atoms with E-state index in [1.54, 1.807) is 37.0 Å². The Labute approximate surface area is 211 Å². The topological polar surface area (TPSA) is 73.0 Å². The first-order valence-electron chi connectivity index (χ1n) is 11.7. The molecule has 1 N–H and O–H groups in total. The maximum absolute atomic E-state index is 13.8. The average molecular weight is 497 g/mol. The Kier molecular flexibility index (Phi) is 5.49. The minimum Gasteiger partial charge on any atom is -0.508 e. The van der Waals surface area contributed by atoms with Crippen molar-refractivity contribution in [3.05, 3.63) is 114 Å². The van der Waals surface area contributed by atoms with Crippen molar-refractivity contribution in [2.75, 3.05) is 14.2 Å². The molecule has 1 aliphatic carbocycles. The largest absolute Gasteiger partial charge is 0.508 e. The van der Waals surface area contributed by atoms with Gasteiger partial charge in [-0.1, -0.05) is 53.8 Å². The first-order chi connectivity index (χ1) is 17.6. The van der Waals surface area contributed by atoms with Crippen molar-refractivity contribution in [2.24, 2.45) is 4.99 Å². The molecule has 0 unspecified atom stereocenters. The maximum Gasteiger partial charge on any atom is 0.271 e. The zero-order chi connectivity index (χ0) is 24.8. The number of hydrogen-bond acceptors (Lipinski definition) is 6. The first-order valence-corrected chi connectivity index (χ1v) is 12.5. The molecule has 4 aromatic rings. The van der Waals surface area contributed by atoms with E-state index in [4.69, 9.17) is 14.5 Å². The van der Waals surface area contributed by atoms with E-state index in [9.17, 15) is 9.90 Å². The Morgan fingerprint density at radius 2 is 1.83 bits per heavy atom. The lowest BCUT2D eigenvalue weighted by molar-refractivity contribution is 0.354. The SMILES string of the molecule is COc1ccc([C@H]2C3=C(N=c4s/c(=C/c5cccc(O)c5)c(=O)n42)c2ccccc2CC3)cc1OC. The van der Waals surface area contributed by atoms with Gasteiger partial charge in [-0.25, -0.2) is 4.99 Å². The molecule has 0 radical (unpaired) electrons. The van der Waals surface area contributed by atoms with Crippen LogP contribution in [-0.4, -0.2) is 23.9 Å². The summed E-state index contributed by atoms with van der Waals surface area (Å²) in [5.41, 5.74) is 6.06. The molecule has 2 aliphatic rings. The summed E-state index contributed by atoms with van der Waals surface area (Å²) in [7, 11) is 3.23. The van der Waals surface area contributed by atoms with Gasteiger partial charge in [-0.2, -0.15) is 0 Å². The van der Waals surface area contributed by atoms with E-state index in [0.717, 1.165) is 40.8 Å². The lowest BCUT2D eigenvalue weighted by Crippen LogP contribution is -2.38. The number of methoxy groups -OCH3 is 2. The van der Waals surface area contributed by atoms with Crippen molar-refractivity contribution in [3.63, 3.8) is 0 Å². The monoisotopic (exact) mass is 496 g/mol. The molecule has 0 saturated carbocycles. The summed E-state index contributed by atoms with van der Waals surface area (Å²) in [6, 6.07) is 20.8. The minimum atomic E-state index is -0.310. The van der Waals surface area contributed by atoms with Crippen LogP contribution in [0.3, 0.4) is 0 Å². The summed E-state index contributed by atoms with van der Waals surface area (Å²) in [4.78, 5) is 19.5. The van der Waals surface area contributed by atoms with Crippen molar-refractivity contribution in [2.45, 2.75) is 18.9 Å². The van der Waals surface area contributed by atoms with Crippen LogP contribution in [-0.2, 0) is 6.42 Å². The third-order valence-corrected chi connectivity index (χ3v) is 7.75. The van der Waals surface area contributed by atoms with E-state index >= 15 is 0 Å². The van der Waals surface area contributed by atoms with Crippen LogP contribution in [0, 0.1) is 0 Å². The average Bonchev–Trinajstić information content (AvgIpc) is 3.21. The smallest absolute Gasteiger partial charge is 0.271 e. The molecule has 3 aromatic carbocycles. The fourth-order valence-corrected chi connectivity index (χ4v) is 6.11. The normalized spacial score (nSPS) is 16.6. The predicted octanol–water partition coefficient (Wildman–Crippen LogP) is 4.04. The molecular weight excluding hydrogens is 472 g/mol. The van der Waals surface area contributed by atoms with Crippen LogP contribution in [0.1, 0.15) is 34.7 Å². The van der Waals surface area contributed by atoms with E-state index in [2.05, 4.69) is 18.2 Å². The second kappa shape index (κ2) is 8.84. The maximum atomic E-state index is 13.8. The Balaban J connectivity index is 1.63. The Morgan fingerprint density at radius 1 is 1.00 bits per heavy atom. The molecule has 0 saturated heterocycles. The number of hydrogen-bond donors (Lipinski definition) is 1.